The van der Waals surface area contributed by atoms with Crippen molar-refractivity contribution in [2.24, 2.45) is 5.10 Å². The Bertz CT molecular complexity index is 1230. The van der Waals surface area contributed by atoms with Gasteiger partial charge in [-0.2, -0.15) is 10.2 Å². The first-order valence-electron chi connectivity index (χ1n) is 10.1. The van der Waals surface area contributed by atoms with Gasteiger partial charge >= 0.3 is 11.7 Å². The number of nitrogens with one attached hydrogen (secondary N) is 1. The second-order valence-electron chi connectivity index (χ2n) is 7.45. The third-order valence-electron chi connectivity index (χ3n) is 4.94. The Morgan fingerprint density at radius 1 is 1.06 bits per heavy atom. The molecule has 3 rings (SSSR count). The Kier molecular flexibility index (Phi) is 6.97. The third kappa shape index (κ3) is 5.67. The first-order valence-corrected chi connectivity index (χ1v) is 10.1. The molecule has 1 heterocycles. The average Bonchev–Trinajstić information content (AvgIpc) is 3.05. The van der Waals surface area contributed by atoms with Crippen molar-refractivity contribution < 1.29 is 19.2 Å². The second kappa shape index (κ2) is 9.86. The Morgan fingerprint density at radius 2 is 1.67 bits per heavy atom. The zero-order chi connectivity index (χ0) is 24.1. The molecule has 0 atom stereocenters. The van der Waals surface area contributed by atoms with Crippen molar-refractivity contribution >= 4 is 23.3 Å². The van der Waals surface area contributed by atoms with Crippen LogP contribution in [0.2, 0.25) is 0 Å². The van der Waals surface area contributed by atoms with Gasteiger partial charge in [0.1, 0.15) is 23.7 Å². The maximum absolute atomic E-state index is 12.2. The molecular formula is C23H23N5O5. The van der Waals surface area contributed by atoms with E-state index in [1.165, 1.54) is 18.5 Å². The summed E-state index contributed by atoms with van der Waals surface area (Å²) in [6.07, 6.45) is 0. The van der Waals surface area contributed by atoms with E-state index in [1.54, 1.807) is 43.3 Å². The molecule has 0 saturated carbocycles. The van der Waals surface area contributed by atoms with E-state index in [-0.39, 0.29) is 17.9 Å². The molecule has 0 bridgehead atoms. The predicted octanol–water partition coefficient (Wildman–Crippen LogP) is 3.48. The maximum Gasteiger partial charge on any atom is 0.343 e. The fourth-order valence-electron chi connectivity index (χ4n) is 3.11. The van der Waals surface area contributed by atoms with Crippen molar-refractivity contribution in [3.63, 3.8) is 0 Å². The normalized spacial score (nSPS) is 11.2. The minimum atomic E-state index is -0.518. The lowest BCUT2D eigenvalue weighted by molar-refractivity contribution is -0.386. The van der Waals surface area contributed by atoms with Gasteiger partial charge in [0.15, 0.2) is 0 Å². The van der Waals surface area contributed by atoms with E-state index in [2.05, 4.69) is 15.6 Å². The van der Waals surface area contributed by atoms with E-state index in [1.807, 2.05) is 19.1 Å². The van der Waals surface area contributed by atoms with Gasteiger partial charge in [0.05, 0.1) is 16.2 Å². The van der Waals surface area contributed by atoms with Crippen LogP contribution in [0.3, 0.4) is 0 Å². The molecule has 33 heavy (non-hydrogen) atoms. The molecule has 10 heteroatoms. The monoisotopic (exact) mass is 449 g/mol. The Hall–Kier alpha value is -4.34. The van der Waals surface area contributed by atoms with Gasteiger partial charge in [-0.25, -0.2) is 10.2 Å². The molecule has 0 aliphatic carbocycles. The number of hydrazone groups is 1. The number of nitro groups is 1. The van der Waals surface area contributed by atoms with Crippen molar-refractivity contribution in [3.05, 3.63) is 86.7 Å². The zero-order valence-electron chi connectivity index (χ0n) is 18.7. The van der Waals surface area contributed by atoms with E-state index >= 15 is 0 Å². The molecule has 10 nitrogen and oxygen atoms in total. The number of carbonyl (C=O) groups is 2. The first kappa shape index (κ1) is 23.3. The number of aryl methyl sites for hydroxylation is 2. The molecule has 1 aromatic heterocycles. The lowest BCUT2D eigenvalue weighted by atomic mass is 10.1. The third-order valence-corrected chi connectivity index (χ3v) is 4.94. The molecule has 0 aliphatic rings. The molecule has 0 radical (unpaired) electrons. The smallest absolute Gasteiger partial charge is 0.343 e. The van der Waals surface area contributed by atoms with E-state index in [9.17, 15) is 19.7 Å². The summed E-state index contributed by atoms with van der Waals surface area (Å²) < 4.78 is 6.64. The maximum atomic E-state index is 12.2. The summed E-state index contributed by atoms with van der Waals surface area (Å²) in [6, 6.07) is 13.8. The summed E-state index contributed by atoms with van der Waals surface area (Å²) in [7, 11) is 0. The minimum Gasteiger partial charge on any atom is -0.423 e. The lowest BCUT2D eigenvalue weighted by Gasteiger charge is -2.07. The van der Waals surface area contributed by atoms with Crippen LogP contribution < -0.4 is 10.2 Å². The van der Waals surface area contributed by atoms with Gasteiger partial charge in [-0.3, -0.25) is 19.6 Å². The van der Waals surface area contributed by atoms with E-state index in [0.29, 0.717) is 28.3 Å². The summed E-state index contributed by atoms with van der Waals surface area (Å²) >= 11 is 0. The van der Waals surface area contributed by atoms with E-state index < -0.39 is 16.8 Å². The summed E-state index contributed by atoms with van der Waals surface area (Å²) in [5, 5.41) is 19.2. The topological polar surface area (TPSA) is 129 Å². The number of ether oxygens (including phenoxy) is 1. The van der Waals surface area contributed by atoms with Crippen molar-refractivity contribution in [3.8, 4) is 5.75 Å². The molecule has 1 amide bonds. The zero-order valence-corrected chi connectivity index (χ0v) is 18.7. The van der Waals surface area contributed by atoms with E-state index in [4.69, 9.17) is 4.74 Å². The number of amides is 1. The van der Waals surface area contributed by atoms with Gasteiger partial charge in [0, 0.05) is 0 Å². The first-order chi connectivity index (χ1) is 15.7. The number of hydrogen-bond acceptors (Lipinski definition) is 7. The molecule has 170 valence electrons. The number of esters is 1. The standard InChI is InChI=1S/C23H23N5O5/c1-14-5-7-19(8-6-14)23(30)33-20-11-9-18(10-12-20)15(2)24-25-21(29)13-27-17(4)22(28(31)32)16(3)26-27/h5-12H,13H2,1-4H3,(H,25,29)/b24-15+. The molecule has 1 N–H and O–H groups in total. The summed E-state index contributed by atoms with van der Waals surface area (Å²) in [5.74, 6) is -0.546. The van der Waals surface area contributed by atoms with Gasteiger partial charge < -0.3 is 4.74 Å². The number of rotatable bonds is 7. The highest BCUT2D eigenvalue weighted by atomic mass is 16.6. The van der Waals surface area contributed by atoms with Crippen molar-refractivity contribution in [1.29, 1.82) is 0 Å². The van der Waals surface area contributed by atoms with Crippen LogP contribution in [0, 0.1) is 30.9 Å². The number of hydrogen-bond donors (Lipinski definition) is 1. The fourth-order valence-corrected chi connectivity index (χ4v) is 3.11. The highest BCUT2D eigenvalue weighted by Crippen LogP contribution is 2.21. The molecule has 0 unspecified atom stereocenters. The van der Waals surface area contributed by atoms with Crippen molar-refractivity contribution in [1.82, 2.24) is 15.2 Å². The van der Waals surface area contributed by atoms with E-state index in [0.717, 1.165) is 5.56 Å². The van der Waals surface area contributed by atoms with Gasteiger partial charge in [-0.15, -0.1) is 0 Å². The van der Waals surface area contributed by atoms with Gasteiger partial charge in [0.25, 0.3) is 5.91 Å². The molecule has 0 spiro atoms. The summed E-state index contributed by atoms with van der Waals surface area (Å²) in [5.41, 5.74) is 5.60. The molecular weight excluding hydrogens is 426 g/mol. The summed E-state index contributed by atoms with van der Waals surface area (Å²) in [6.45, 7) is 6.50. The van der Waals surface area contributed by atoms with Crippen LogP contribution in [0.5, 0.6) is 5.75 Å². The van der Waals surface area contributed by atoms with Crippen LogP contribution in [0.15, 0.2) is 53.6 Å². The predicted molar refractivity (Wildman–Crippen MR) is 121 cm³/mol. The molecule has 0 saturated heterocycles. The second-order valence-corrected chi connectivity index (χ2v) is 7.45. The molecule has 3 aromatic rings. The number of carbonyl (C=O) groups excluding carboxylic acids is 2. The highest BCUT2D eigenvalue weighted by Gasteiger charge is 2.22. The molecule has 0 aliphatic heterocycles. The highest BCUT2D eigenvalue weighted by molar-refractivity contribution is 5.99. The average molecular weight is 449 g/mol. The quantitative estimate of drug-likeness (QED) is 0.193. The SMILES string of the molecule is C/C(=N\NC(=O)Cn1nc(C)c([N+](=O)[O-])c1C)c1ccc(OC(=O)c2ccc(C)cc2)cc1. The Labute approximate surface area is 190 Å². The lowest BCUT2D eigenvalue weighted by Crippen LogP contribution is -2.25. The fraction of sp³-hybridized carbons (Fsp3) is 0.217. The minimum absolute atomic E-state index is 0.106. The molecule has 2 aromatic carbocycles. The van der Waals surface area contributed by atoms with Crippen LogP contribution >= 0.6 is 0 Å². The van der Waals surface area contributed by atoms with Gasteiger partial charge in [-0.1, -0.05) is 17.7 Å². The Balaban J connectivity index is 1.60. The van der Waals surface area contributed by atoms with Gasteiger partial charge in [0.2, 0.25) is 0 Å². The van der Waals surface area contributed by atoms with Crippen LogP contribution in [-0.2, 0) is 11.3 Å². The van der Waals surface area contributed by atoms with Crippen molar-refractivity contribution in [2.75, 3.05) is 0 Å². The Morgan fingerprint density at radius 3 is 2.24 bits per heavy atom. The van der Waals surface area contributed by atoms with Crippen LogP contribution in [0.1, 0.15) is 39.8 Å². The largest absolute Gasteiger partial charge is 0.423 e. The van der Waals surface area contributed by atoms with Gasteiger partial charge in [-0.05, 0) is 69.7 Å². The van der Waals surface area contributed by atoms with Crippen LogP contribution in [0.4, 0.5) is 5.69 Å². The number of benzene rings is 2. The van der Waals surface area contributed by atoms with Crippen LogP contribution in [0.25, 0.3) is 0 Å². The summed E-state index contributed by atoms with van der Waals surface area (Å²) in [4.78, 5) is 35.0. The number of nitrogens with zero attached hydrogens (tertiary/aromatic N) is 4. The van der Waals surface area contributed by atoms with Crippen molar-refractivity contribution in [2.45, 2.75) is 34.2 Å². The number of aromatic nitrogens is 2. The molecule has 0 fully saturated rings. The van der Waals surface area contributed by atoms with Crippen LogP contribution in [-0.4, -0.2) is 32.3 Å².